The van der Waals surface area contributed by atoms with Crippen molar-refractivity contribution in [3.63, 3.8) is 0 Å². The predicted octanol–water partition coefficient (Wildman–Crippen LogP) is 11.8. The molecule has 5 fully saturated rings. The summed E-state index contributed by atoms with van der Waals surface area (Å²) in [6.07, 6.45) is 11.0. The molecular formula is C74H90F3N15O5SSi. The van der Waals surface area contributed by atoms with Gasteiger partial charge in [0.2, 0.25) is 11.8 Å². The van der Waals surface area contributed by atoms with Gasteiger partial charge in [0.05, 0.1) is 68.6 Å². The standard InChI is InChI=1S/C74H90F3N15O5SSi/c1-10-91-60(22-27-80-91)48-14-12-47(13-15-48)59(38-93)82-69(95)61-32-53(94)37-90(61)71(96)66(42(2)3)92-36-52(85-87-92)17-11-46-23-28-88(29-24-46)40-73(39-74(73,76)77)41-97-72-83-68(89-34-50-18-19-51(35-89)81-50)64-55-21-26-78-65(67(55)98-70(64)84-72)63-56-33-79-86-58(56)31-49-16-20-57(75)54(62(49)63)25-30-99(43(4)5,44(6)7)45(8)9/h12-16,20-22,26-27,31,33,36,42-46,50-51,53,59,61,66,81,93-94H,10-11,17-19,23-24,28-29,32,34-35,37-41H2,1-9H3,(H,79,86)(H,82,95)/t50?,51?,53-,59+,61+,66+,73-/m1/s1. The lowest BCUT2D eigenvalue weighted by atomic mass is 9.91. The number of aromatic amines is 1. The molecule has 2 bridgehead atoms. The lowest BCUT2D eigenvalue weighted by Gasteiger charge is -2.38. The first-order valence-electron chi connectivity index (χ1n) is 35.4. The van der Waals surface area contributed by atoms with Gasteiger partial charge in [0.25, 0.3) is 5.92 Å². The Morgan fingerprint density at radius 3 is 2.33 bits per heavy atom. The summed E-state index contributed by atoms with van der Waals surface area (Å²) in [5.74, 6) is 0.0803. The van der Waals surface area contributed by atoms with E-state index in [0.717, 1.165) is 80.7 Å². The van der Waals surface area contributed by atoms with Crippen LogP contribution in [0, 0.1) is 34.5 Å². The molecule has 3 aromatic carbocycles. The van der Waals surface area contributed by atoms with Crippen molar-refractivity contribution in [1.82, 2.24) is 70.4 Å². The SMILES string of the molecule is CCn1nccc1-c1ccc([C@H](CO)NC(=O)[C@@H]2C[C@@H](O)CN2C(=O)[C@H](C(C)C)n2cc(CCC3CCN(C[C@@]4(COc5nc(N6CC7CCC(C6)N7)c6c(n5)sc5c(-c7c8cn[nH]c8cc8ccc(F)c(C#C[Si](C(C)C)(C(C)C)C(C)C)c78)nccc56)CC4(F)F)CC3)nn2)cc1. The second kappa shape index (κ2) is 27.2. The number of hydrogen-bond acceptors (Lipinski definition) is 16. The minimum Gasteiger partial charge on any atom is -0.462 e. The van der Waals surface area contributed by atoms with Crippen molar-refractivity contribution in [1.29, 1.82) is 0 Å². The van der Waals surface area contributed by atoms with Crippen LogP contribution in [0.25, 0.3) is 64.5 Å². The number of piperazine rings is 1. The van der Waals surface area contributed by atoms with Gasteiger partial charge in [-0.3, -0.25) is 24.4 Å². The number of thiophene rings is 1. The van der Waals surface area contributed by atoms with E-state index in [9.17, 15) is 19.8 Å². The molecule has 0 radical (unpaired) electrons. The third-order valence-corrected chi connectivity index (χ3v) is 29.7. The lowest BCUT2D eigenvalue weighted by molar-refractivity contribution is -0.142. The zero-order chi connectivity index (χ0) is 69.4. The molecule has 1 aliphatic carbocycles. The van der Waals surface area contributed by atoms with E-state index in [0.29, 0.717) is 100 Å². The van der Waals surface area contributed by atoms with Crippen LogP contribution in [0.2, 0.25) is 16.6 Å². The molecule has 522 valence electrons. The van der Waals surface area contributed by atoms with E-state index in [1.165, 1.54) is 22.3 Å². The van der Waals surface area contributed by atoms with Gasteiger partial charge in [-0.05, 0) is 128 Å². The maximum absolute atomic E-state index is 16.8. The number of benzene rings is 3. The molecule has 6 aromatic heterocycles. The first-order chi connectivity index (χ1) is 47.6. The van der Waals surface area contributed by atoms with Gasteiger partial charge < -0.3 is 40.3 Å². The minimum atomic E-state index is -2.95. The number of likely N-dealkylation sites (tertiary alicyclic amines) is 2. The molecule has 1 saturated carbocycles. The Bertz CT molecular complexity index is 4520. The number of piperidine rings is 1. The summed E-state index contributed by atoms with van der Waals surface area (Å²) in [5, 5.41) is 53.0. The third-order valence-electron chi connectivity index (χ3n) is 22.4. The number of H-pyrrole nitrogens is 1. The fourth-order valence-corrected chi connectivity index (χ4v) is 23.3. The van der Waals surface area contributed by atoms with Gasteiger partial charge in [0, 0.05) is 98.0 Å². The smallest absolute Gasteiger partial charge is 0.319 e. The van der Waals surface area contributed by atoms with Gasteiger partial charge in [-0.25, -0.2) is 17.9 Å². The van der Waals surface area contributed by atoms with Gasteiger partial charge in [0.1, 0.15) is 43.2 Å². The monoisotopic (exact) mass is 1390 g/mol. The summed E-state index contributed by atoms with van der Waals surface area (Å²) in [4.78, 5) is 50.4. The van der Waals surface area contributed by atoms with Gasteiger partial charge in [-0.15, -0.1) is 22.0 Å². The fourth-order valence-electron chi connectivity index (χ4n) is 17.0. The van der Waals surface area contributed by atoms with E-state index in [2.05, 4.69) is 99.0 Å². The molecule has 0 spiro atoms. The Hall–Kier alpha value is -7.86. The summed E-state index contributed by atoms with van der Waals surface area (Å²) in [6, 6.07) is 14.8. The highest BCUT2D eigenvalue weighted by Gasteiger charge is 2.72. The number of fused-ring (bicyclic) bond motifs is 7. The zero-order valence-electron chi connectivity index (χ0n) is 57.9. The number of nitrogens with one attached hydrogen (secondary N) is 3. The quantitative estimate of drug-likeness (QED) is 0.0314. The molecule has 4 aliphatic heterocycles. The number of aromatic nitrogens is 10. The van der Waals surface area contributed by atoms with E-state index >= 15 is 13.2 Å². The van der Waals surface area contributed by atoms with Crippen LogP contribution in [0.1, 0.15) is 136 Å². The van der Waals surface area contributed by atoms with Crippen molar-refractivity contribution < 1.29 is 37.7 Å². The summed E-state index contributed by atoms with van der Waals surface area (Å²) < 4.78 is 59.6. The average molecular weight is 1390 g/mol. The number of pyridine rings is 1. The van der Waals surface area contributed by atoms with E-state index < -0.39 is 55.4 Å². The Balaban J connectivity index is 0.658. The van der Waals surface area contributed by atoms with Crippen molar-refractivity contribution in [3.05, 3.63) is 102 Å². The van der Waals surface area contributed by atoms with Crippen LogP contribution in [-0.2, 0) is 22.6 Å². The number of aliphatic hydroxyl groups excluding tert-OH is 2. The van der Waals surface area contributed by atoms with E-state index in [4.69, 9.17) is 19.7 Å². The predicted molar refractivity (Wildman–Crippen MR) is 382 cm³/mol. The largest absolute Gasteiger partial charge is 0.462 e. The number of nitrogens with zero attached hydrogens (tertiary/aromatic N) is 12. The molecule has 10 heterocycles. The number of carbonyl (C=O) groups excluding carboxylic acids is 2. The highest BCUT2D eigenvalue weighted by Crippen LogP contribution is 2.61. The van der Waals surface area contributed by atoms with E-state index in [1.54, 1.807) is 35.5 Å². The number of carbonyl (C=O) groups is 2. The fraction of sp³-hybridized carbons (Fsp3) is 0.527. The van der Waals surface area contributed by atoms with Crippen LogP contribution < -0.4 is 20.3 Å². The van der Waals surface area contributed by atoms with Gasteiger partial charge in [0.15, 0.2) is 0 Å². The van der Waals surface area contributed by atoms with Crippen LogP contribution in [-0.4, -0.2) is 172 Å². The van der Waals surface area contributed by atoms with Crippen molar-refractivity contribution in [2.45, 2.75) is 179 Å². The topological polar surface area (TPSA) is 233 Å². The zero-order valence-corrected chi connectivity index (χ0v) is 59.7. The summed E-state index contributed by atoms with van der Waals surface area (Å²) in [6.45, 7) is 22.3. The minimum absolute atomic E-state index is 0.0293. The number of aryl methyl sites for hydroxylation is 2. The number of anilines is 1. The number of aliphatic hydroxyl groups is 2. The Morgan fingerprint density at radius 2 is 1.65 bits per heavy atom. The van der Waals surface area contributed by atoms with Crippen molar-refractivity contribution in [3.8, 4) is 40.0 Å². The molecule has 5 aliphatic rings. The lowest BCUT2D eigenvalue weighted by Crippen LogP contribution is -2.51. The number of ether oxygens (including phenoxy) is 1. The maximum atomic E-state index is 16.8. The van der Waals surface area contributed by atoms with E-state index in [-0.39, 0.29) is 69.1 Å². The van der Waals surface area contributed by atoms with Gasteiger partial charge in [-0.1, -0.05) is 96.9 Å². The molecule has 14 rings (SSSR count). The molecule has 4 saturated heterocycles. The Morgan fingerprint density at radius 1 is 0.909 bits per heavy atom. The molecule has 2 unspecified atom stereocenters. The van der Waals surface area contributed by atoms with Crippen LogP contribution in [0.4, 0.5) is 19.0 Å². The first-order valence-corrected chi connectivity index (χ1v) is 38.5. The normalized spacial score (nSPS) is 21.9. The first kappa shape index (κ1) is 68.3. The number of halogens is 3. The number of amides is 2. The second-order valence-electron chi connectivity index (χ2n) is 29.8. The number of β-amino-alcohol motifs (C(OH)–C–C–N with tert-alkyl or cyclic N) is 1. The molecule has 25 heteroatoms. The average Bonchev–Trinajstić information content (AvgIpc) is 1.60. The summed E-state index contributed by atoms with van der Waals surface area (Å²) in [5.41, 5.74) is 9.16. The Labute approximate surface area is 579 Å². The molecule has 2 amide bonds. The van der Waals surface area contributed by atoms with Crippen LogP contribution in [0.5, 0.6) is 6.01 Å². The Kier molecular flexibility index (Phi) is 18.8. The molecule has 9 aromatic rings. The summed E-state index contributed by atoms with van der Waals surface area (Å²) >= 11 is 1.45. The molecule has 20 nitrogen and oxygen atoms in total. The molecule has 5 N–H and O–H groups in total. The van der Waals surface area contributed by atoms with Crippen molar-refractivity contribution in [2.75, 3.05) is 57.4 Å². The van der Waals surface area contributed by atoms with Crippen LogP contribution in [0.3, 0.4) is 0 Å². The van der Waals surface area contributed by atoms with E-state index in [1.807, 2.05) is 67.9 Å². The van der Waals surface area contributed by atoms with Crippen molar-refractivity contribution in [2.24, 2.45) is 17.3 Å². The van der Waals surface area contributed by atoms with Crippen LogP contribution >= 0.6 is 11.3 Å². The number of alkyl halides is 2. The highest BCUT2D eigenvalue weighted by molar-refractivity contribution is 7.26. The number of rotatable bonds is 22. The van der Waals surface area contributed by atoms with Crippen molar-refractivity contribution >= 4 is 79.0 Å². The second-order valence-corrected chi connectivity index (χ2v) is 36.4. The molecule has 7 atom stereocenters. The number of hydrogen-bond donors (Lipinski definition) is 5. The third kappa shape index (κ3) is 12.8. The molecular weight excluding hydrogens is 1300 g/mol. The summed E-state index contributed by atoms with van der Waals surface area (Å²) in [7, 11) is -2.30. The maximum Gasteiger partial charge on any atom is 0.319 e. The van der Waals surface area contributed by atoms with Gasteiger partial charge in [-0.2, -0.15) is 20.2 Å². The van der Waals surface area contributed by atoms with Gasteiger partial charge >= 0.3 is 6.01 Å². The molecule has 99 heavy (non-hydrogen) atoms. The highest BCUT2D eigenvalue weighted by atomic mass is 32.1. The van der Waals surface area contributed by atoms with Crippen LogP contribution in [0.15, 0.2) is 79.4 Å².